The zero-order chi connectivity index (χ0) is 27.0. The van der Waals surface area contributed by atoms with Gasteiger partial charge in [-0.1, -0.05) is 54.6 Å². The number of anilines is 1. The number of amidine groups is 1. The summed E-state index contributed by atoms with van der Waals surface area (Å²) >= 11 is 1.29. The summed E-state index contributed by atoms with van der Waals surface area (Å²) in [7, 11) is 3.99. The van der Waals surface area contributed by atoms with Crippen LogP contribution >= 0.6 is 11.8 Å². The van der Waals surface area contributed by atoms with Crippen LogP contribution in [0.5, 0.6) is 5.75 Å². The van der Waals surface area contributed by atoms with Crippen LogP contribution in [0.2, 0.25) is 0 Å². The van der Waals surface area contributed by atoms with Crippen LogP contribution in [0.15, 0.2) is 117 Å². The molecule has 1 aliphatic rings. The van der Waals surface area contributed by atoms with Crippen molar-refractivity contribution in [1.29, 1.82) is 0 Å². The fraction of sp³-hybridized carbons (Fsp3) is 0.129. The highest BCUT2D eigenvalue weighted by atomic mass is 32.2. The van der Waals surface area contributed by atoms with Crippen molar-refractivity contribution in [3.05, 3.63) is 125 Å². The normalized spacial score (nSPS) is 15.5. The highest BCUT2D eigenvalue weighted by molar-refractivity contribution is 8.18. The molecule has 0 bridgehead atoms. The first-order chi connectivity index (χ1) is 19.0. The number of carbonyl (C=O) groups is 1. The summed E-state index contributed by atoms with van der Waals surface area (Å²) in [6, 6.07) is 29.3. The quantitative estimate of drug-likeness (QED) is 0.140. The van der Waals surface area contributed by atoms with Gasteiger partial charge in [0.05, 0.1) is 23.9 Å². The summed E-state index contributed by atoms with van der Waals surface area (Å²) in [5, 5.41) is 9.16. The molecule has 1 amide bonds. The van der Waals surface area contributed by atoms with Gasteiger partial charge in [0.2, 0.25) is 0 Å². The van der Waals surface area contributed by atoms with Crippen molar-refractivity contribution in [2.45, 2.75) is 13.2 Å². The van der Waals surface area contributed by atoms with Gasteiger partial charge >= 0.3 is 0 Å². The van der Waals surface area contributed by atoms with Crippen LogP contribution in [0.1, 0.15) is 22.5 Å². The highest BCUT2D eigenvalue weighted by Gasteiger charge is 2.34. The van der Waals surface area contributed by atoms with Crippen LogP contribution in [0.25, 0.3) is 6.08 Å². The summed E-state index contributed by atoms with van der Waals surface area (Å²) in [4.78, 5) is 17.6. The Labute approximate surface area is 232 Å². The van der Waals surface area contributed by atoms with E-state index in [4.69, 9.17) is 9.15 Å². The number of amides is 1. The van der Waals surface area contributed by atoms with Crippen molar-refractivity contribution in [1.82, 2.24) is 4.90 Å². The van der Waals surface area contributed by atoms with Gasteiger partial charge in [0.25, 0.3) is 5.91 Å². The Morgan fingerprint density at radius 2 is 1.77 bits per heavy atom. The van der Waals surface area contributed by atoms with Gasteiger partial charge in [-0.2, -0.15) is 5.10 Å². The van der Waals surface area contributed by atoms with E-state index >= 15 is 0 Å². The summed E-state index contributed by atoms with van der Waals surface area (Å²) < 4.78 is 11.5. The van der Waals surface area contributed by atoms with E-state index in [0.29, 0.717) is 22.4 Å². The van der Waals surface area contributed by atoms with Crippen LogP contribution in [0.4, 0.5) is 5.69 Å². The third kappa shape index (κ3) is 6.86. The number of carbonyl (C=O) groups excluding carboxylic acids is 1. The second kappa shape index (κ2) is 12.3. The maximum atomic E-state index is 13.4. The summed E-state index contributed by atoms with van der Waals surface area (Å²) in [6.45, 7) is 0.737. The molecule has 0 spiro atoms. The fourth-order valence-corrected chi connectivity index (χ4v) is 4.81. The minimum Gasteiger partial charge on any atom is -0.489 e. The van der Waals surface area contributed by atoms with E-state index in [1.807, 2.05) is 110 Å². The van der Waals surface area contributed by atoms with E-state index in [0.717, 1.165) is 28.1 Å². The molecule has 0 saturated carbocycles. The summed E-state index contributed by atoms with van der Waals surface area (Å²) in [6.07, 6.45) is 5.12. The van der Waals surface area contributed by atoms with Crippen molar-refractivity contribution in [2.75, 3.05) is 19.0 Å². The molecular weight excluding hydrogens is 508 g/mol. The maximum Gasteiger partial charge on any atom is 0.267 e. The number of rotatable bonds is 9. The van der Waals surface area contributed by atoms with Crippen molar-refractivity contribution >= 4 is 40.8 Å². The molecule has 4 aromatic rings. The number of thioether (sulfide) groups is 1. The van der Waals surface area contributed by atoms with Crippen LogP contribution < -0.4 is 9.64 Å². The number of hydrogen-bond acceptors (Lipinski definition) is 7. The zero-order valence-corrected chi connectivity index (χ0v) is 22.5. The Morgan fingerprint density at radius 1 is 0.949 bits per heavy atom. The third-order valence-electron chi connectivity index (χ3n) is 5.95. The number of nitrogens with zero attached hydrogens (tertiary/aromatic N) is 4. The molecule has 3 aromatic carbocycles. The van der Waals surface area contributed by atoms with Gasteiger partial charge in [0.15, 0.2) is 5.17 Å². The molecule has 1 aliphatic heterocycles. The van der Waals surface area contributed by atoms with Crippen LogP contribution in [-0.2, 0) is 17.9 Å². The minimum atomic E-state index is -0.156. The predicted octanol–water partition coefficient (Wildman–Crippen LogP) is 6.43. The second-order valence-corrected chi connectivity index (χ2v) is 10.1. The number of hydrogen-bond donors (Lipinski definition) is 0. The van der Waals surface area contributed by atoms with Gasteiger partial charge in [-0.3, -0.25) is 9.69 Å². The summed E-state index contributed by atoms with van der Waals surface area (Å²) in [5.74, 6) is 1.24. The standard InChI is InChI=1S/C31H28N4O3S/c1-34(2)26-15-13-23(14-16-26)20-32-33-31-35(21-28-12-7-17-37-28)30(36)29(39-31)19-25-10-6-11-27(18-25)38-22-24-8-4-3-5-9-24/h3-20H,21-22H2,1-2H3/b29-19-,32-20-,33-31+. The number of benzene rings is 3. The van der Waals surface area contributed by atoms with Gasteiger partial charge in [-0.15, -0.1) is 5.10 Å². The Balaban J connectivity index is 1.35. The Morgan fingerprint density at radius 3 is 2.51 bits per heavy atom. The smallest absolute Gasteiger partial charge is 0.267 e. The Kier molecular flexibility index (Phi) is 8.23. The van der Waals surface area contributed by atoms with E-state index < -0.39 is 0 Å². The van der Waals surface area contributed by atoms with Crippen molar-refractivity contribution in [3.63, 3.8) is 0 Å². The number of furan rings is 1. The molecule has 2 heterocycles. The van der Waals surface area contributed by atoms with Gasteiger partial charge < -0.3 is 14.1 Å². The topological polar surface area (TPSA) is 70.6 Å². The van der Waals surface area contributed by atoms with Crippen molar-refractivity contribution < 1.29 is 13.9 Å². The van der Waals surface area contributed by atoms with Crippen molar-refractivity contribution in [3.8, 4) is 5.75 Å². The Hall–Kier alpha value is -4.56. The maximum absolute atomic E-state index is 13.4. The largest absolute Gasteiger partial charge is 0.489 e. The van der Waals surface area contributed by atoms with E-state index in [-0.39, 0.29) is 12.5 Å². The molecule has 0 atom stereocenters. The Bertz CT molecular complexity index is 1490. The molecule has 1 saturated heterocycles. The number of ether oxygens (including phenoxy) is 1. The van der Waals surface area contributed by atoms with E-state index in [2.05, 4.69) is 10.2 Å². The monoisotopic (exact) mass is 536 g/mol. The van der Waals surface area contributed by atoms with Crippen LogP contribution in [-0.4, -0.2) is 36.3 Å². The highest BCUT2D eigenvalue weighted by Crippen LogP contribution is 2.34. The van der Waals surface area contributed by atoms with Crippen LogP contribution in [0, 0.1) is 0 Å². The first kappa shape index (κ1) is 26.1. The second-order valence-electron chi connectivity index (χ2n) is 9.04. The lowest BCUT2D eigenvalue weighted by Gasteiger charge is -2.12. The molecule has 5 rings (SSSR count). The summed E-state index contributed by atoms with van der Waals surface area (Å²) in [5.41, 5.74) is 3.97. The average molecular weight is 537 g/mol. The van der Waals surface area contributed by atoms with Gasteiger partial charge in [-0.25, -0.2) is 0 Å². The molecule has 8 heteroatoms. The molecule has 0 radical (unpaired) electrons. The molecule has 39 heavy (non-hydrogen) atoms. The fourth-order valence-electron chi connectivity index (χ4n) is 3.87. The first-order valence-electron chi connectivity index (χ1n) is 12.4. The molecule has 0 unspecified atom stereocenters. The van der Waals surface area contributed by atoms with Crippen molar-refractivity contribution in [2.24, 2.45) is 10.2 Å². The molecule has 196 valence electrons. The molecule has 0 aliphatic carbocycles. The minimum absolute atomic E-state index is 0.156. The zero-order valence-electron chi connectivity index (χ0n) is 21.7. The lowest BCUT2D eigenvalue weighted by atomic mass is 10.2. The van der Waals surface area contributed by atoms with E-state index in [1.54, 1.807) is 23.4 Å². The molecular formula is C31H28N4O3S. The molecule has 0 N–H and O–H groups in total. The van der Waals surface area contributed by atoms with Gasteiger partial charge in [0.1, 0.15) is 18.1 Å². The van der Waals surface area contributed by atoms with Gasteiger partial charge in [0, 0.05) is 19.8 Å². The molecule has 1 aromatic heterocycles. The van der Waals surface area contributed by atoms with E-state index in [9.17, 15) is 4.79 Å². The van der Waals surface area contributed by atoms with Gasteiger partial charge in [-0.05, 0) is 70.9 Å². The lowest BCUT2D eigenvalue weighted by Crippen LogP contribution is -2.28. The average Bonchev–Trinajstić information content (AvgIpc) is 3.57. The molecule has 7 nitrogen and oxygen atoms in total. The van der Waals surface area contributed by atoms with Crippen LogP contribution in [0.3, 0.4) is 0 Å². The third-order valence-corrected chi connectivity index (χ3v) is 6.94. The lowest BCUT2D eigenvalue weighted by molar-refractivity contribution is -0.122. The predicted molar refractivity (Wildman–Crippen MR) is 158 cm³/mol. The first-order valence-corrected chi connectivity index (χ1v) is 13.3. The SMILES string of the molecule is CN(C)c1ccc(/C=N\N=C2\S/C(=C\c3cccc(OCc4ccccc4)c3)C(=O)N2Cc2ccco2)cc1. The van der Waals surface area contributed by atoms with E-state index in [1.165, 1.54) is 11.8 Å². The molecule has 1 fully saturated rings.